The average molecular weight is 488 g/mol. The van der Waals surface area contributed by atoms with E-state index in [1.54, 1.807) is 13.8 Å². The largest absolute Gasteiger partial charge is 0.481 e. The molecule has 9 N–H and O–H groups in total. The van der Waals surface area contributed by atoms with Crippen molar-refractivity contribution in [3.8, 4) is 0 Å². The van der Waals surface area contributed by atoms with Gasteiger partial charge in [0.2, 0.25) is 23.6 Å². The van der Waals surface area contributed by atoms with Crippen molar-refractivity contribution in [2.75, 3.05) is 0 Å². The van der Waals surface area contributed by atoms with Gasteiger partial charge in [-0.3, -0.25) is 24.0 Å². The van der Waals surface area contributed by atoms with Gasteiger partial charge in [-0.1, -0.05) is 34.1 Å². The van der Waals surface area contributed by atoms with Crippen LogP contribution < -0.4 is 27.4 Å². The van der Waals surface area contributed by atoms with E-state index in [9.17, 15) is 33.9 Å². The highest BCUT2D eigenvalue weighted by atomic mass is 16.4. The Morgan fingerprint density at radius 1 is 0.853 bits per heavy atom. The number of nitrogens with one attached hydrogen (secondary N) is 3. The number of carbonyl (C=O) groups is 6. The molecular formula is C21H37N5O8. The van der Waals surface area contributed by atoms with Crippen LogP contribution in [0.4, 0.5) is 0 Å². The number of carbonyl (C=O) groups excluding carboxylic acids is 4. The summed E-state index contributed by atoms with van der Waals surface area (Å²) in [5.41, 5.74) is 10.7. The number of amides is 4. The molecule has 0 aromatic carbocycles. The SMILES string of the molecule is CCC(C)C(NC(=O)C(CC(C)C)NC(=O)C(N)CC(N)=O)C(=O)NC(CCC(=O)O)C(=O)O. The Kier molecular flexibility index (Phi) is 13.4. The predicted octanol–water partition coefficient (Wildman–Crippen LogP) is -1.31. The molecule has 0 saturated heterocycles. The summed E-state index contributed by atoms with van der Waals surface area (Å²) in [7, 11) is 0. The molecule has 34 heavy (non-hydrogen) atoms. The van der Waals surface area contributed by atoms with Gasteiger partial charge in [0.15, 0.2) is 0 Å². The predicted molar refractivity (Wildman–Crippen MR) is 121 cm³/mol. The molecule has 0 rings (SSSR count). The third kappa shape index (κ3) is 11.6. The molecule has 0 spiro atoms. The second kappa shape index (κ2) is 14.8. The normalized spacial score (nSPS) is 15.4. The van der Waals surface area contributed by atoms with Gasteiger partial charge in [0.1, 0.15) is 18.1 Å². The van der Waals surface area contributed by atoms with Crippen LogP contribution in [0.3, 0.4) is 0 Å². The van der Waals surface area contributed by atoms with E-state index in [1.165, 1.54) is 0 Å². The van der Waals surface area contributed by atoms with Gasteiger partial charge in [0.25, 0.3) is 0 Å². The van der Waals surface area contributed by atoms with Crippen molar-refractivity contribution in [1.29, 1.82) is 0 Å². The quantitative estimate of drug-likeness (QED) is 0.137. The van der Waals surface area contributed by atoms with Crippen LogP contribution in [0.1, 0.15) is 59.8 Å². The molecule has 0 heterocycles. The maximum atomic E-state index is 13.0. The lowest BCUT2D eigenvalue weighted by Gasteiger charge is -2.28. The summed E-state index contributed by atoms with van der Waals surface area (Å²) in [4.78, 5) is 71.4. The highest BCUT2D eigenvalue weighted by Gasteiger charge is 2.33. The summed E-state index contributed by atoms with van der Waals surface area (Å²) in [6.45, 7) is 7.08. The number of carboxylic acids is 2. The number of aliphatic carboxylic acids is 2. The molecule has 5 atom stereocenters. The molecule has 0 bridgehead atoms. The lowest BCUT2D eigenvalue weighted by Crippen LogP contribution is -2.59. The highest BCUT2D eigenvalue weighted by molar-refractivity contribution is 5.95. The average Bonchev–Trinajstić information content (AvgIpc) is 2.72. The van der Waals surface area contributed by atoms with E-state index < -0.39 is 78.5 Å². The molecule has 4 amide bonds. The van der Waals surface area contributed by atoms with Crippen LogP contribution in [0.2, 0.25) is 0 Å². The molecule has 5 unspecified atom stereocenters. The molecule has 0 aromatic heterocycles. The summed E-state index contributed by atoms with van der Waals surface area (Å²) < 4.78 is 0. The first kappa shape index (κ1) is 30.8. The fourth-order valence-corrected chi connectivity index (χ4v) is 3.03. The van der Waals surface area contributed by atoms with E-state index in [-0.39, 0.29) is 18.8 Å². The number of hydrogen-bond donors (Lipinski definition) is 7. The van der Waals surface area contributed by atoms with Crippen LogP contribution in [-0.2, 0) is 28.8 Å². The van der Waals surface area contributed by atoms with Gasteiger partial charge < -0.3 is 37.6 Å². The molecule has 0 fully saturated rings. The number of nitrogens with two attached hydrogens (primary N) is 2. The van der Waals surface area contributed by atoms with Gasteiger partial charge in [-0.15, -0.1) is 0 Å². The van der Waals surface area contributed by atoms with E-state index in [4.69, 9.17) is 16.6 Å². The van der Waals surface area contributed by atoms with E-state index in [1.807, 2.05) is 13.8 Å². The van der Waals surface area contributed by atoms with Crippen LogP contribution in [0.25, 0.3) is 0 Å². The first-order valence-electron chi connectivity index (χ1n) is 11.1. The Morgan fingerprint density at radius 3 is 1.85 bits per heavy atom. The first-order valence-corrected chi connectivity index (χ1v) is 11.1. The van der Waals surface area contributed by atoms with Gasteiger partial charge in [-0.05, 0) is 24.7 Å². The molecule has 0 aliphatic heterocycles. The zero-order valence-electron chi connectivity index (χ0n) is 20.0. The molecule has 0 radical (unpaired) electrons. The molecule has 194 valence electrons. The Labute approximate surface area is 198 Å². The second-order valence-corrected chi connectivity index (χ2v) is 8.67. The van der Waals surface area contributed by atoms with Crippen molar-refractivity contribution >= 4 is 35.6 Å². The Morgan fingerprint density at radius 2 is 1.41 bits per heavy atom. The Bertz CT molecular complexity index is 757. The summed E-state index contributed by atoms with van der Waals surface area (Å²) in [5.74, 6) is -6.09. The lowest BCUT2D eigenvalue weighted by molar-refractivity contribution is -0.143. The molecule has 13 heteroatoms. The fraction of sp³-hybridized carbons (Fsp3) is 0.714. The minimum atomic E-state index is -1.45. The zero-order valence-corrected chi connectivity index (χ0v) is 20.0. The van der Waals surface area contributed by atoms with Crippen LogP contribution in [0.15, 0.2) is 0 Å². The van der Waals surface area contributed by atoms with Gasteiger partial charge in [0, 0.05) is 6.42 Å². The third-order valence-corrected chi connectivity index (χ3v) is 5.15. The van der Waals surface area contributed by atoms with Crippen LogP contribution in [-0.4, -0.2) is 69.9 Å². The highest BCUT2D eigenvalue weighted by Crippen LogP contribution is 2.12. The molecular weight excluding hydrogens is 450 g/mol. The van der Waals surface area contributed by atoms with E-state index in [2.05, 4.69) is 16.0 Å². The van der Waals surface area contributed by atoms with Crippen molar-refractivity contribution in [3.63, 3.8) is 0 Å². The smallest absolute Gasteiger partial charge is 0.326 e. The third-order valence-electron chi connectivity index (χ3n) is 5.15. The molecule has 0 aromatic rings. The summed E-state index contributed by atoms with van der Waals surface area (Å²) in [6, 6.07) is -4.92. The van der Waals surface area contributed by atoms with Crippen molar-refractivity contribution in [3.05, 3.63) is 0 Å². The summed E-state index contributed by atoms with van der Waals surface area (Å²) in [6.07, 6.45) is -0.554. The number of carboxylic acid groups (broad SMARTS) is 2. The van der Waals surface area contributed by atoms with E-state index >= 15 is 0 Å². The molecule has 0 aliphatic carbocycles. The van der Waals surface area contributed by atoms with Crippen LogP contribution >= 0.6 is 0 Å². The van der Waals surface area contributed by atoms with E-state index in [0.29, 0.717) is 6.42 Å². The maximum Gasteiger partial charge on any atom is 0.326 e. The van der Waals surface area contributed by atoms with Gasteiger partial charge in [-0.2, -0.15) is 0 Å². The number of rotatable bonds is 16. The van der Waals surface area contributed by atoms with Crippen molar-refractivity contribution in [2.24, 2.45) is 23.3 Å². The standard InChI is InChI=1S/C21H37N5O8/c1-5-11(4)17(20(32)24-13(21(33)34)6-7-16(28)29)26-19(31)14(8-10(2)3)25-18(30)12(22)9-15(23)27/h10-14,17H,5-9,22H2,1-4H3,(H2,23,27)(H,24,32)(H,25,30)(H,26,31)(H,28,29)(H,33,34). The lowest BCUT2D eigenvalue weighted by atomic mass is 9.96. The first-order chi connectivity index (χ1) is 15.7. The van der Waals surface area contributed by atoms with Crippen molar-refractivity contribution < 1.29 is 39.0 Å². The maximum absolute atomic E-state index is 13.0. The molecule has 0 saturated carbocycles. The fourth-order valence-electron chi connectivity index (χ4n) is 3.03. The second-order valence-electron chi connectivity index (χ2n) is 8.67. The monoisotopic (exact) mass is 487 g/mol. The van der Waals surface area contributed by atoms with Crippen LogP contribution in [0, 0.1) is 11.8 Å². The summed E-state index contributed by atoms with van der Waals surface area (Å²) in [5, 5.41) is 25.4. The minimum Gasteiger partial charge on any atom is -0.481 e. The Hall–Kier alpha value is -3.22. The van der Waals surface area contributed by atoms with Gasteiger partial charge >= 0.3 is 11.9 Å². The Balaban J connectivity index is 5.57. The van der Waals surface area contributed by atoms with Gasteiger partial charge in [-0.25, -0.2) is 4.79 Å². The van der Waals surface area contributed by atoms with Crippen LogP contribution in [0.5, 0.6) is 0 Å². The molecule has 0 aliphatic rings. The van der Waals surface area contributed by atoms with Crippen molar-refractivity contribution in [2.45, 2.75) is 84.0 Å². The van der Waals surface area contributed by atoms with E-state index in [0.717, 1.165) is 0 Å². The minimum absolute atomic E-state index is 0.0355. The molecule has 13 nitrogen and oxygen atoms in total. The van der Waals surface area contributed by atoms with Crippen molar-refractivity contribution in [1.82, 2.24) is 16.0 Å². The number of hydrogen-bond acceptors (Lipinski definition) is 7. The number of primary amides is 1. The van der Waals surface area contributed by atoms with Gasteiger partial charge in [0.05, 0.1) is 12.5 Å². The summed E-state index contributed by atoms with van der Waals surface area (Å²) >= 11 is 0. The zero-order chi connectivity index (χ0) is 26.6. The topological polar surface area (TPSA) is 231 Å².